The maximum Gasteiger partial charge on any atom is 0.421 e. The fraction of sp³-hybridized carbons (Fsp3) is 0.178. The molecule has 5 amide bonds. The molecule has 2 saturated heterocycles. The number of primary amides is 2. The summed E-state index contributed by atoms with van der Waals surface area (Å²) in [7, 11) is 0. The topological polar surface area (TPSA) is 238 Å². The molecule has 6 N–H and O–H groups in total. The van der Waals surface area contributed by atoms with Crippen LogP contribution in [0, 0.1) is 27.9 Å². The van der Waals surface area contributed by atoms with Gasteiger partial charge in [-0.3, -0.25) is 29.4 Å². The van der Waals surface area contributed by atoms with Gasteiger partial charge in [-0.25, -0.2) is 14.5 Å². The van der Waals surface area contributed by atoms with Gasteiger partial charge in [0.25, 0.3) is 5.69 Å². The maximum absolute atomic E-state index is 15.8. The van der Waals surface area contributed by atoms with Crippen LogP contribution in [-0.4, -0.2) is 57.4 Å². The Morgan fingerprint density at radius 1 is 0.852 bits per heavy atom. The van der Waals surface area contributed by atoms with Crippen molar-refractivity contribution >= 4 is 41.3 Å². The Kier molecular flexibility index (Phi) is 10.4. The molecule has 3 heterocycles. The van der Waals surface area contributed by atoms with Crippen molar-refractivity contribution in [2.45, 2.75) is 36.3 Å². The van der Waals surface area contributed by atoms with E-state index in [9.17, 15) is 34.4 Å². The molecule has 0 bridgehead atoms. The number of hydrogen-bond acceptors (Lipinski definition) is 11. The lowest BCUT2D eigenvalue weighted by Crippen LogP contribution is -2.55. The van der Waals surface area contributed by atoms with E-state index in [0.29, 0.717) is 27.8 Å². The van der Waals surface area contributed by atoms with E-state index in [1.165, 1.54) is 54.6 Å². The fourth-order valence-electron chi connectivity index (χ4n) is 8.85. The highest BCUT2D eigenvalue weighted by molar-refractivity contribution is 6.23. The van der Waals surface area contributed by atoms with Crippen molar-refractivity contribution in [3.63, 3.8) is 0 Å². The Morgan fingerprint density at radius 3 is 2.13 bits per heavy atom. The van der Waals surface area contributed by atoms with Crippen molar-refractivity contribution in [1.29, 1.82) is 0 Å². The van der Waals surface area contributed by atoms with Crippen molar-refractivity contribution in [3.8, 4) is 17.6 Å². The van der Waals surface area contributed by atoms with E-state index in [0.717, 1.165) is 4.90 Å². The average Bonchev–Trinajstić information content (AvgIpc) is 3.71. The van der Waals surface area contributed by atoms with Crippen LogP contribution in [0.15, 0.2) is 127 Å². The number of aromatic hydroxyl groups is 1. The molecule has 3 aliphatic heterocycles. The smallest absolute Gasteiger partial charge is 0.421 e. The van der Waals surface area contributed by atoms with Gasteiger partial charge < -0.3 is 31.4 Å². The van der Waals surface area contributed by atoms with Gasteiger partial charge in [-0.05, 0) is 70.3 Å². The predicted molar refractivity (Wildman–Crippen MR) is 217 cm³/mol. The lowest BCUT2D eigenvalue weighted by atomic mass is 9.65. The highest BCUT2D eigenvalue weighted by Crippen LogP contribution is 2.65. The zero-order valence-electron chi connectivity index (χ0n) is 32.0. The van der Waals surface area contributed by atoms with E-state index >= 15 is 4.79 Å². The number of hydrogen-bond donors (Lipinski definition) is 4. The largest absolute Gasteiger partial charge is 0.508 e. The van der Waals surface area contributed by atoms with E-state index in [1.54, 1.807) is 41.3 Å². The van der Waals surface area contributed by atoms with E-state index in [1.807, 2.05) is 36.4 Å². The maximum atomic E-state index is 15.8. The summed E-state index contributed by atoms with van der Waals surface area (Å²) in [6.45, 7) is -0.519. The molecule has 306 valence electrons. The number of carbonyl (C=O) groups is 5. The highest BCUT2D eigenvalue weighted by atomic mass is 16.6. The molecule has 0 aliphatic carbocycles. The standard InChI is InChI=1S/C45H36N6O10/c46-40(53)35-37-41(54)61-38(29-11-5-2-6-12-29)36(28-9-3-1-4-10-28)50(37)39(30-16-20-32(52)21-17-30)45(35)33-24-26(8-7-23-48-43(47)56)15-22-34(33)49(42(45)55)44(57)60-25-27-13-18-31(19-14-27)51(58)59/h1-6,9-22,24,35-39,52H,23,25H2,(H2,46,53)(H3,47,48,56). The number of nitrogens with two attached hydrogens (primary N) is 2. The van der Waals surface area contributed by atoms with Gasteiger partial charge in [0.1, 0.15) is 29.9 Å². The first-order chi connectivity index (χ1) is 29.4. The van der Waals surface area contributed by atoms with E-state index in [2.05, 4.69) is 17.2 Å². The highest BCUT2D eigenvalue weighted by Gasteiger charge is 2.75. The number of amides is 5. The number of morpholine rings is 1. The number of phenols is 1. The number of cyclic esters (lactones) is 1. The van der Waals surface area contributed by atoms with Crippen LogP contribution in [0.5, 0.6) is 5.75 Å². The summed E-state index contributed by atoms with van der Waals surface area (Å²) < 4.78 is 12.0. The second kappa shape index (κ2) is 16.0. The molecule has 16 nitrogen and oxygen atoms in total. The molecule has 0 aromatic heterocycles. The number of nitro benzene ring substituents is 1. The number of nitrogens with zero attached hydrogens (tertiary/aromatic N) is 3. The van der Waals surface area contributed by atoms with Crippen LogP contribution >= 0.6 is 0 Å². The van der Waals surface area contributed by atoms with Gasteiger partial charge in [0.15, 0.2) is 0 Å². The summed E-state index contributed by atoms with van der Waals surface area (Å²) in [4.78, 5) is 83.9. The second-order valence-corrected chi connectivity index (χ2v) is 14.6. The third-order valence-corrected chi connectivity index (χ3v) is 11.2. The molecule has 6 unspecified atom stereocenters. The number of non-ortho nitro benzene ring substituents is 1. The summed E-state index contributed by atoms with van der Waals surface area (Å²) in [5.41, 5.74) is 11.7. The van der Waals surface area contributed by atoms with Crippen molar-refractivity contribution < 1.29 is 43.5 Å². The molecule has 1 spiro atoms. The van der Waals surface area contributed by atoms with Crippen LogP contribution in [0.1, 0.15) is 51.6 Å². The van der Waals surface area contributed by atoms with Gasteiger partial charge in [-0.2, -0.15) is 0 Å². The molecule has 2 fully saturated rings. The third kappa shape index (κ3) is 6.92. The number of phenolic OH excluding ortho intramolecular Hbond substituents is 1. The minimum absolute atomic E-state index is 0.0126. The quantitative estimate of drug-likeness (QED) is 0.0717. The first-order valence-corrected chi connectivity index (χ1v) is 19.0. The van der Waals surface area contributed by atoms with Crippen LogP contribution in [0.4, 0.5) is 21.0 Å². The van der Waals surface area contributed by atoms with Gasteiger partial charge >= 0.3 is 18.1 Å². The molecular formula is C45H36N6O10. The zero-order chi connectivity index (χ0) is 43.0. The molecule has 5 aromatic rings. The second-order valence-electron chi connectivity index (χ2n) is 14.6. The Balaban J connectivity index is 1.36. The van der Waals surface area contributed by atoms with Crippen molar-refractivity contribution in [2.24, 2.45) is 17.4 Å². The zero-order valence-corrected chi connectivity index (χ0v) is 32.0. The van der Waals surface area contributed by atoms with Gasteiger partial charge in [0.2, 0.25) is 11.8 Å². The average molecular weight is 821 g/mol. The molecule has 0 radical (unpaired) electrons. The Bertz CT molecular complexity index is 2630. The molecular weight excluding hydrogens is 785 g/mol. The van der Waals surface area contributed by atoms with Gasteiger partial charge in [-0.1, -0.05) is 84.6 Å². The lowest BCUT2D eigenvalue weighted by Gasteiger charge is -2.46. The van der Waals surface area contributed by atoms with Crippen molar-refractivity contribution in [2.75, 3.05) is 11.4 Å². The predicted octanol–water partition coefficient (Wildman–Crippen LogP) is 4.81. The summed E-state index contributed by atoms with van der Waals surface area (Å²) in [6, 6.07) is 29.5. The van der Waals surface area contributed by atoms with E-state index in [-0.39, 0.29) is 29.2 Å². The number of carbonyl (C=O) groups excluding carboxylic acids is 5. The number of nitro groups is 1. The Labute approximate surface area is 347 Å². The van der Waals surface area contributed by atoms with Gasteiger partial charge in [-0.15, -0.1) is 0 Å². The molecule has 0 saturated carbocycles. The van der Waals surface area contributed by atoms with Crippen LogP contribution in [0.2, 0.25) is 0 Å². The number of esters is 1. The lowest BCUT2D eigenvalue weighted by molar-refractivity contribution is -0.384. The molecule has 3 aliphatic rings. The van der Waals surface area contributed by atoms with Crippen LogP contribution in [0.25, 0.3) is 0 Å². The van der Waals surface area contributed by atoms with E-state index < -0.39 is 77.0 Å². The number of imide groups is 1. The number of ether oxygens (including phenoxy) is 2. The van der Waals surface area contributed by atoms with Gasteiger partial charge in [0, 0.05) is 17.7 Å². The number of anilines is 1. The molecule has 16 heteroatoms. The number of rotatable bonds is 8. The number of fused-ring (bicyclic) bond motifs is 3. The number of benzene rings is 5. The summed E-state index contributed by atoms with van der Waals surface area (Å²) in [6.07, 6.45) is -2.11. The first-order valence-electron chi connectivity index (χ1n) is 19.0. The minimum Gasteiger partial charge on any atom is -0.508 e. The fourth-order valence-corrected chi connectivity index (χ4v) is 8.85. The molecule has 5 aromatic carbocycles. The number of nitrogens with one attached hydrogen (secondary N) is 1. The SMILES string of the molecule is NC(=O)NCC#Cc1ccc2c(c1)C1(C(=O)N2C(=O)OCc2ccc([N+](=O)[O-])cc2)C(C(N)=O)C2C(=O)OC(c3ccccc3)C(c3ccccc3)N2C1c1ccc(O)cc1. The van der Waals surface area contributed by atoms with Gasteiger partial charge in [0.05, 0.1) is 35.2 Å². The van der Waals surface area contributed by atoms with Crippen LogP contribution in [0.3, 0.4) is 0 Å². The molecule has 61 heavy (non-hydrogen) atoms. The van der Waals surface area contributed by atoms with Crippen molar-refractivity contribution in [3.05, 3.63) is 171 Å². The monoisotopic (exact) mass is 820 g/mol. The molecule has 8 rings (SSSR count). The first kappa shape index (κ1) is 39.8. The Hall–Kier alpha value is -8.03. The van der Waals surface area contributed by atoms with E-state index in [4.69, 9.17) is 20.9 Å². The van der Waals surface area contributed by atoms with Crippen molar-refractivity contribution in [1.82, 2.24) is 10.2 Å². The summed E-state index contributed by atoms with van der Waals surface area (Å²) in [5, 5.41) is 24.1. The molecule has 6 atom stereocenters. The third-order valence-electron chi connectivity index (χ3n) is 11.2. The number of urea groups is 1. The normalized spacial score (nSPS) is 22.6. The van der Waals surface area contributed by atoms with Crippen LogP contribution < -0.4 is 21.7 Å². The summed E-state index contributed by atoms with van der Waals surface area (Å²) in [5.74, 6) is 1.11. The van der Waals surface area contributed by atoms with Crippen LogP contribution in [-0.2, 0) is 35.9 Å². The minimum atomic E-state index is -2.16. The Morgan fingerprint density at radius 2 is 1.51 bits per heavy atom. The summed E-state index contributed by atoms with van der Waals surface area (Å²) >= 11 is 0.